The van der Waals surface area contributed by atoms with Crippen molar-refractivity contribution in [2.24, 2.45) is 0 Å². The average Bonchev–Trinajstić information content (AvgIpc) is 2.80. The van der Waals surface area contributed by atoms with Crippen LogP contribution in [-0.4, -0.2) is 55.4 Å². The summed E-state index contributed by atoms with van der Waals surface area (Å²) < 4.78 is 16.3. The molecule has 33 heavy (non-hydrogen) atoms. The molecule has 0 spiro atoms. The van der Waals surface area contributed by atoms with Gasteiger partial charge in [0.1, 0.15) is 11.5 Å². The summed E-state index contributed by atoms with van der Waals surface area (Å²) >= 11 is 13.1. The SMILES string of the molecule is COc1cc(OC)c(Cl)c(-c2ccc3nc(N[C@@H]4COCC[C@@H]4NC(C)=O)ncc3c2)c1Cl. The van der Waals surface area contributed by atoms with Gasteiger partial charge >= 0.3 is 0 Å². The molecule has 0 radical (unpaired) electrons. The van der Waals surface area contributed by atoms with Crippen molar-refractivity contribution in [2.45, 2.75) is 25.4 Å². The topological polar surface area (TPSA) is 94.6 Å². The molecule has 0 saturated carbocycles. The van der Waals surface area contributed by atoms with Gasteiger partial charge in [-0.25, -0.2) is 9.97 Å². The third-order valence-electron chi connectivity index (χ3n) is 5.50. The number of ether oxygens (including phenoxy) is 3. The van der Waals surface area contributed by atoms with Crippen LogP contribution in [0.25, 0.3) is 22.0 Å². The summed E-state index contributed by atoms with van der Waals surface area (Å²) in [6.45, 7) is 2.57. The minimum Gasteiger partial charge on any atom is -0.495 e. The summed E-state index contributed by atoms with van der Waals surface area (Å²) in [7, 11) is 3.07. The van der Waals surface area contributed by atoms with Gasteiger partial charge in [0.25, 0.3) is 0 Å². The number of amides is 1. The van der Waals surface area contributed by atoms with E-state index in [-0.39, 0.29) is 18.0 Å². The van der Waals surface area contributed by atoms with Crippen LogP contribution in [0.5, 0.6) is 11.5 Å². The highest BCUT2D eigenvalue weighted by Crippen LogP contribution is 2.46. The van der Waals surface area contributed by atoms with Crippen molar-refractivity contribution in [2.75, 3.05) is 32.8 Å². The summed E-state index contributed by atoms with van der Waals surface area (Å²) in [5.41, 5.74) is 2.13. The molecule has 0 unspecified atom stereocenters. The number of methoxy groups -OCH3 is 2. The number of aromatic nitrogens is 2. The smallest absolute Gasteiger partial charge is 0.223 e. The second-order valence-corrected chi connectivity index (χ2v) is 8.43. The Balaban J connectivity index is 1.65. The molecule has 2 aromatic carbocycles. The third kappa shape index (κ3) is 4.93. The first-order valence-electron chi connectivity index (χ1n) is 10.4. The summed E-state index contributed by atoms with van der Waals surface area (Å²) in [5, 5.41) is 7.84. The fourth-order valence-corrected chi connectivity index (χ4v) is 4.60. The highest BCUT2D eigenvalue weighted by Gasteiger charge is 2.27. The fourth-order valence-electron chi connectivity index (χ4n) is 3.88. The predicted molar refractivity (Wildman–Crippen MR) is 129 cm³/mol. The van der Waals surface area contributed by atoms with Crippen molar-refractivity contribution in [3.05, 3.63) is 40.5 Å². The van der Waals surface area contributed by atoms with Gasteiger partial charge in [0.2, 0.25) is 11.9 Å². The maximum atomic E-state index is 11.5. The van der Waals surface area contributed by atoms with Crippen LogP contribution >= 0.6 is 23.2 Å². The largest absolute Gasteiger partial charge is 0.495 e. The van der Waals surface area contributed by atoms with Gasteiger partial charge in [0.05, 0.1) is 48.5 Å². The molecule has 0 aliphatic carbocycles. The number of halogens is 2. The van der Waals surface area contributed by atoms with Crippen molar-refractivity contribution in [1.82, 2.24) is 15.3 Å². The maximum absolute atomic E-state index is 11.5. The van der Waals surface area contributed by atoms with Crippen molar-refractivity contribution >= 4 is 46.0 Å². The Kier molecular flexibility index (Phi) is 7.07. The summed E-state index contributed by atoms with van der Waals surface area (Å²) in [6, 6.07) is 7.15. The molecule has 1 aromatic heterocycles. The second-order valence-electron chi connectivity index (χ2n) is 7.67. The zero-order valence-corrected chi connectivity index (χ0v) is 20.0. The molecule has 4 rings (SSSR count). The number of nitrogens with zero attached hydrogens (tertiary/aromatic N) is 2. The molecular formula is C23H24Cl2N4O4. The molecule has 0 bridgehead atoms. The summed E-state index contributed by atoms with van der Waals surface area (Å²) in [5.74, 6) is 1.31. The third-order valence-corrected chi connectivity index (χ3v) is 6.25. The van der Waals surface area contributed by atoms with E-state index in [0.717, 1.165) is 22.9 Å². The average molecular weight is 491 g/mol. The van der Waals surface area contributed by atoms with Crippen molar-refractivity contribution < 1.29 is 19.0 Å². The van der Waals surface area contributed by atoms with E-state index >= 15 is 0 Å². The Morgan fingerprint density at radius 1 is 1.12 bits per heavy atom. The molecule has 1 saturated heterocycles. The van der Waals surface area contributed by atoms with Gasteiger partial charge in [-0.1, -0.05) is 29.3 Å². The van der Waals surface area contributed by atoms with E-state index in [9.17, 15) is 4.79 Å². The number of benzene rings is 2. The summed E-state index contributed by atoms with van der Waals surface area (Å²) in [6.07, 6.45) is 2.45. The lowest BCUT2D eigenvalue weighted by Gasteiger charge is -2.32. The molecule has 2 N–H and O–H groups in total. The first-order chi connectivity index (χ1) is 15.9. The molecule has 1 fully saturated rings. The van der Waals surface area contributed by atoms with Crippen LogP contribution in [-0.2, 0) is 9.53 Å². The van der Waals surface area contributed by atoms with Crippen molar-refractivity contribution in [3.8, 4) is 22.6 Å². The highest BCUT2D eigenvalue weighted by atomic mass is 35.5. The van der Waals surface area contributed by atoms with E-state index in [1.54, 1.807) is 12.3 Å². The first kappa shape index (κ1) is 23.4. The Morgan fingerprint density at radius 3 is 2.52 bits per heavy atom. The van der Waals surface area contributed by atoms with Crippen LogP contribution in [0, 0.1) is 0 Å². The van der Waals surface area contributed by atoms with E-state index in [2.05, 4.69) is 20.6 Å². The normalized spacial score (nSPS) is 18.1. The number of anilines is 1. The lowest BCUT2D eigenvalue weighted by Crippen LogP contribution is -2.51. The number of rotatable bonds is 6. The Morgan fingerprint density at radius 2 is 1.85 bits per heavy atom. The monoisotopic (exact) mass is 490 g/mol. The lowest BCUT2D eigenvalue weighted by molar-refractivity contribution is -0.120. The molecule has 174 valence electrons. The zero-order valence-electron chi connectivity index (χ0n) is 18.4. The first-order valence-corrected chi connectivity index (χ1v) is 11.2. The van der Waals surface area contributed by atoms with Crippen LogP contribution in [0.3, 0.4) is 0 Å². The molecule has 1 aliphatic rings. The van der Waals surface area contributed by atoms with Crippen LogP contribution < -0.4 is 20.1 Å². The van der Waals surface area contributed by atoms with Crippen molar-refractivity contribution in [3.63, 3.8) is 0 Å². The zero-order chi connectivity index (χ0) is 23.5. The van der Waals surface area contributed by atoms with E-state index in [1.165, 1.54) is 21.1 Å². The lowest BCUT2D eigenvalue weighted by atomic mass is 10.0. The molecule has 1 amide bonds. The van der Waals surface area contributed by atoms with Crippen LogP contribution in [0.2, 0.25) is 10.0 Å². The van der Waals surface area contributed by atoms with E-state index < -0.39 is 0 Å². The highest BCUT2D eigenvalue weighted by molar-refractivity contribution is 6.41. The molecule has 2 atom stereocenters. The number of hydrogen-bond acceptors (Lipinski definition) is 7. The van der Waals surface area contributed by atoms with Gasteiger partial charge in [-0.3, -0.25) is 4.79 Å². The van der Waals surface area contributed by atoms with E-state index in [0.29, 0.717) is 46.3 Å². The predicted octanol–water partition coefficient (Wildman–Crippen LogP) is 4.33. The summed E-state index contributed by atoms with van der Waals surface area (Å²) in [4.78, 5) is 20.6. The van der Waals surface area contributed by atoms with E-state index in [1.807, 2.05) is 18.2 Å². The van der Waals surface area contributed by atoms with Gasteiger partial charge in [-0.15, -0.1) is 0 Å². The Bertz CT molecular complexity index is 1160. The number of carbonyl (C=O) groups excluding carboxylic acids is 1. The quantitative estimate of drug-likeness (QED) is 0.530. The Hall–Kier alpha value is -2.81. The number of hydrogen-bond donors (Lipinski definition) is 2. The minimum absolute atomic E-state index is 0.0507. The number of fused-ring (bicyclic) bond motifs is 1. The van der Waals surface area contributed by atoms with Crippen LogP contribution in [0.15, 0.2) is 30.5 Å². The van der Waals surface area contributed by atoms with Crippen LogP contribution in [0.1, 0.15) is 13.3 Å². The number of carbonyl (C=O) groups is 1. The molecule has 1 aliphatic heterocycles. The molecule has 10 heteroatoms. The van der Waals surface area contributed by atoms with Gasteiger partial charge in [0.15, 0.2) is 0 Å². The Labute approximate surface area is 201 Å². The van der Waals surface area contributed by atoms with Crippen LogP contribution in [0.4, 0.5) is 5.95 Å². The van der Waals surface area contributed by atoms with Crippen molar-refractivity contribution in [1.29, 1.82) is 0 Å². The van der Waals surface area contributed by atoms with Gasteiger partial charge in [0, 0.05) is 36.7 Å². The van der Waals surface area contributed by atoms with E-state index in [4.69, 9.17) is 37.4 Å². The standard InChI is InChI=1S/C23H24Cl2N4O4/c1-12(30)27-16-6-7-33-11-17(16)29-23-26-10-14-8-13(4-5-15(14)28-23)20-21(24)18(31-2)9-19(32-3)22(20)25/h4-5,8-10,16-17H,6-7,11H2,1-3H3,(H,27,30)(H,26,28,29)/t16-,17+/m0/s1. The fraction of sp³-hybridized carbons (Fsp3) is 0.348. The van der Waals surface area contributed by atoms with Gasteiger partial charge in [-0.2, -0.15) is 0 Å². The number of nitrogens with one attached hydrogen (secondary N) is 2. The minimum atomic E-state index is -0.124. The van der Waals surface area contributed by atoms with Gasteiger partial charge in [-0.05, 0) is 24.1 Å². The molecule has 2 heterocycles. The molecule has 8 nitrogen and oxygen atoms in total. The molecule has 3 aromatic rings. The van der Waals surface area contributed by atoms with Gasteiger partial charge < -0.3 is 24.8 Å². The molecular weight excluding hydrogens is 467 g/mol. The maximum Gasteiger partial charge on any atom is 0.223 e. The second kappa shape index (κ2) is 9.99.